The number of fused-ring (bicyclic) bond motifs is 1. The molecule has 1 unspecified atom stereocenters. The van der Waals surface area contributed by atoms with Crippen LogP contribution in [-0.2, 0) is 17.8 Å². The normalized spacial score (nSPS) is 28.9. The van der Waals surface area contributed by atoms with Crippen molar-refractivity contribution in [2.75, 3.05) is 5.32 Å². The molecule has 6 nitrogen and oxygen atoms in total. The average Bonchev–Trinajstić information content (AvgIpc) is 2.80. The molecular weight excluding hydrogens is 266 g/mol. The van der Waals surface area contributed by atoms with E-state index in [4.69, 9.17) is 0 Å². The van der Waals surface area contributed by atoms with E-state index in [0.717, 1.165) is 57.3 Å². The lowest BCUT2D eigenvalue weighted by molar-refractivity contribution is -0.120. The van der Waals surface area contributed by atoms with Crippen LogP contribution < -0.4 is 5.32 Å². The molecule has 1 atom stereocenters. The van der Waals surface area contributed by atoms with Crippen LogP contribution in [0.1, 0.15) is 50.8 Å². The van der Waals surface area contributed by atoms with Crippen molar-refractivity contribution >= 4 is 11.9 Å². The van der Waals surface area contributed by atoms with Gasteiger partial charge in [-0.3, -0.25) is 10.1 Å². The Labute approximate surface area is 123 Å². The lowest BCUT2D eigenvalue weighted by Gasteiger charge is -2.13. The second-order valence-electron chi connectivity index (χ2n) is 6.67. The maximum Gasteiger partial charge on any atom is 0.249 e. The molecule has 1 aliphatic heterocycles. The van der Waals surface area contributed by atoms with Crippen molar-refractivity contribution in [3.05, 3.63) is 5.82 Å². The van der Waals surface area contributed by atoms with Crippen molar-refractivity contribution in [3.63, 3.8) is 0 Å². The molecule has 0 bridgehead atoms. The third-order valence-corrected chi connectivity index (χ3v) is 5.52. The van der Waals surface area contributed by atoms with Gasteiger partial charge >= 0.3 is 0 Å². The molecule has 1 aromatic heterocycles. The number of nitrogens with one attached hydrogen (secondary N) is 1. The van der Waals surface area contributed by atoms with Gasteiger partial charge in [-0.2, -0.15) is 10.2 Å². The largest absolute Gasteiger partial charge is 0.292 e. The first-order valence-corrected chi connectivity index (χ1v) is 7.86. The van der Waals surface area contributed by atoms with E-state index in [9.17, 15) is 10.1 Å². The summed E-state index contributed by atoms with van der Waals surface area (Å²) < 4.78 is 1.87. The van der Waals surface area contributed by atoms with E-state index >= 15 is 0 Å². The van der Waals surface area contributed by atoms with E-state index in [-0.39, 0.29) is 11.3 Å². The summed E-state index contributed by atoms with van der Waals surface area (Å²) in [6, 6.07) is 2.29. The molecule has 4 rings (SSSR count). The predicted octanol–water partition coefficient (Wildman–Crippen LogP) is 2.03. The van der Waals surface area contributed by atoms with Crippen LogP contribution in [0.15, 0.2) is 0 Å². The van der Waals surface area contributed by atoms with Gasteiger partial charge in [-0.1, -0.05) is 12.8 Å². The van der Waals surface area contributed by atoms with Gasteiger partial charge in [0.25, 0.3) is 0 Å². The van der Waals surface area contributed by atoms with Crippen LogP contribution in [0.4, 0.5) is 5.95 Å². The molecule has 2 fully saturated rings. The highest BCUT2D eigenvalue weighted by atomic mass is 16.2. The first-order valence-electron chi connectivity index (χ1n) is 7.86. The van der Waals surface area contributed by atoms with Crippen LogP contribution in [0.3, 0.4) is 0 Å². The molecule has 0 aromatic carbocycles. The molecule has 1 aromatic rings. The second-order valence-corrected chi connectivity index (χ2v) is 6.67. The predicted molar refractivity (Wildman–Crippen MR) is 75.2 cm³/mol. The smallest absolute Gasteiger partial charge is 0.249 e. The third kappa shape index (κ3) is 1.73. The van der Waals surface area contributed by atoms with Gasteiger partial charge < -0.3 is 0 Å². The number of hydrogen-bond acceptors (Lipinski definition) is 4. The summed E-state index contributed by atoms with van der Waals surface area (Å²) in [5.74, 6) is 1.11. The number of rotatable bonds is 2. The highest BCUT2D eigenvalue weighted by Crippen LogP contribution is 2.71. The Kier molecular flexibility index (Phi) is 2.62. The zero-order chi connectivity index (χ0) is 14.5. The summed E-state index contributed by atoms with van der Waals surface area (Å²) in [4.78, 5) is 17.0. The number of amides is 1. The van der Waals surface area contributed by atoms with Gasteiger partial charge in [0.15, 0.2) is 0 Å². The van der Waals surface area contributed by atoms with Crippen molar-refractivity contribution in [2.45, 2.75) is 57.9 Å². The molecular formula is C15H19N5O. The Morgan fingerprint density at radius 1 is 1.29 bits per heavy atom. The molecule has 0 radical (unpaired) electrons. The number of anilines is 1. The fourth-order valence-electron chi connectivity index (χ4n) is 4.19. The van der Waals surface area contributed by atoms with E-state index in [0.29, 0.717) is 12.4 Å². The third-order valence-electron chi connectivity index (χ3n) is 5.52. The van der Waals surface area contributed by atoms with Crippen LogP contribution in [0.2, 0.25) is 0 Å². The first kappa shape index (κ1) is 12.8. The molecule has 2 saturated carbocycles. The molecule has 6 heteroatoms. The van der Waals surface area contributed by atoms with Gasteiger partial charge in [0.1, 0.15) is 11.2 Å². The van der Waals surface area contributed by atoms with E-state index in [2.05, 4.69) is 21.5 Å². The van der Waals surface area contributed by atoms with Crippen molar-refractivity contribution in [1.82, 2.24) is 14.8 Å². The van der Waals surface area contributed by atoms with Crippen molar-refractivity contribution < 1.29 is 4.79 Å². The van der Waals surface area contributed by atoms with E-state index in [1.165, 1.54) is 0 Å². The van der Waals surface area contributed by atoms with E-state index in [1.54, 1.807) is 0 Å². The van der Waals surface area contributed by atoms with Crippen molar-refractivity contribution in [3.8, 4) is 6.07 Å². The highest BCUT2D eigenvalue weighted by molar-refractivity contribution is 5.99. The summed E-state index contributed by atoms with van der Waals surface area (Å²) in [7, 11) is 0. The van der Waals surface area contributed by atoms with Gasteiger partial charge in [0.05, 0.1) is 6.07 Å². The van der Waals surface area contributed by atoms with Gasteiger partial charge in [0, 0.05) is 18.4 Å². The Bertz CT molecular complexity index is 613. The molecule has 110 valence electrons. The van der Waals surface area contributed by atoms with E-state index in [1.807, 2.05) is 4.68 Å². The summed E-state index contributed by atoms with van der Waals surface area (Å²) >= 11 is 0. The van der Waals surface area contributed by atoms with Gasteiger partial charge in [0.2, 0.25) is 11.9 Å². The Morgan fingerprint density at radius 3 is 2.81 bits per heavy atom. The number of nitriles is 1. The first-order chi connectivity index (χ1) is 10.2. The molecule has 1 N–H and O–H groups in total. The SMILES string of the molecule is N#CC1(C(=O)Nc2nc3n(n2)CCCC3)CC12CCCC2. The average molecular weight is 285 g/mol. The summed E-state index contributed by atoms with van der Waals surface area (Å²) in [6.07, 6.45) is 8.11. The topological polar surface area (TPSA) is 83.6 Å². The van der Waals surface area contributed by atoms with Gasteiger partial charge in [-0.05, 0) is 32.1 Å². The minimum atomic E-state index is -0.838. The molecule has 21 heavy (non-hydrogen) atoms. The van der Waals surface area contributed by atoms with Gasteiger partial charge in [-0.15, -0.1) is 5.10 Å². The quantitative estimate of drug-likeness (QED) is 0.901. The number of hydrogen-bond donors (Lipinski definition) is 1. The molecule has 3 aliphatic rings. The minimum Gasteiger partial charge on any atom is -0.292 e. The highest BCUT2D eigenvalue weighted by Gasteiger charge is 2.72. The molecule has 2 heterocycles. The van der Waals surface area contributed by atoms with Crippen molar-refractivity contribution in [2.24, 2.45) is 10.8 Å². The Hall–Kier alpha value is -1.90. The zero-order valence-corrected chi connectivity index (χ0v) is 12.1. The lowest BCUT2D eigenvalue weighted by atomic mass is 9.91. The summed E-state index contributed by atoms with van der Waals surface area (Å²) in [5.41, 5.74) is -0.902. The summed E-state index contributed by atoms with van der Waals surface area (Å²) in [5, 5.41) is 16.7. The van der Waals surface area contributed by atoms with Crippen LogP contribution in [0, 0.1) is 22.2 Å². The van der Waals surface area contributed by atoms with Crippen molar-refractivity contribution in [1.29, 1.82) is 5.26 Å². The van der Waals surface area contributed by atoms with Gasteiger partial charge in [-0.25, -0.2) is 4.68 Å². The Balaban J connectivity index is 1.53. The molecule has 2 aliphatic carbocycles. The number of carbonyl (C=O) groups excluding carboxylic acids is 1. The van der Waals surface area contributed by atoms with E-state index < -0.39 is 5.41 Å². The molecule has 1 spiro atoms. The lowest BCUT2D eigenvalue weighted by Crippen LogP contribution is -2.28. The summed E-state index contributed by atoms with van der Waals surface area (Å²) in [6.45, 7) is 0.867. The number of aryl methyl sites for hydroxylation is 2. The standard InChI is InChI=1S/C15H19N5O/c16-10-15(9-14(15)6-2-3-7-14)12(21)18-13-17-11-5-1-4-8-20(11)19-13/h1-9H2,(H,18,19,21). The maximum absolute atomic E-state index is 12.6. The molecule has 0 saturated heterocycles. The van der Waals surface area contributed by atoms with Crippen LogP contribution in [-0.4, -0.2) is 20.7 Å². The molecule has 1 amide bonds. The minimum absolute atomic E-state index is 0.0643. The monoisotopic (exact) mass is 285 g/mol. The number of aromatic nitrogens is 3. The van der Waals surface area contributed by atoms with Crippen LogP contribution in [0.5, 0.6) is 0 Å². The second kappa shape index (κ2) is 4.30. The number of nitrogens with zero attached hydrogens (tertiary/aromatic N) is 4. The van der Waals surface area contributed by atoms with Crippen LogP contribution >= 0.6 is 0 Å². The van der Waals surface area contributed by atoms with Crippen LogP contribution in [0.25, 0.3) is 0 Å². The fraction of sp³-hybridized carbons (Fsp3) is 0.733. The maximum atomic E-state index is 12.6. The fourth-order valence-corrected chi connectivity index (χ4v) is 4.19. The number of carbonyl (C=O) groups is 1. The zero-order valence-electron chi connectivity index (χ0n) is 12.1. The Morgan fingerprint density at radius 2 is 2.10 bits per heavy atom.